The van der Waals surface area contributed by atoms with E-state index in [-0.39, 0.29) is 5.91 Å². The minimum atomic E-state index is -0.0372. The van der Waals surface area contributed by atoms with Crippen LogP contribution in [0.1, 0.15) is 24.6 Å². The van der Waals surface area contributed by atoms with E-state index < -0.39 is 0 Å². The second-order valence-electron chi connectivity index (χ2n) is 6.19. The first-order valence-corrected chi connectivity index (χ1v) is 9.82. The zero-order valence-electron chi connectivity index (χ0n) is 14.0. The minimum absolute atomic E-state index is 0.0372. The molecule has 1 N–H and O–H groups in total. The zero-order valence-corrected chi connectivity index (χ0v) is 15.6. The van der Waals surface area contributed by atoms with Crippen molar-refractivity contribution in [2.75, 3.05) is 5.75 Å². The topological polar surface area (TPSA) is 60.1 Å². The Morgan fingerprint density at radius 2 is 2.08 bits per heavy atom. The monoisotopic (exact) mass is 387 g/mol. The fourth-order valence-corrected chi connectivity index (χ4v) is 3.63. The summed E-state index contributed by atoms with van der Waals surface area (Å²) in [5, 5.41) is 4.48. The maximum atomic E-state index is 12.1. The van der Waals surface area contributed by atoms with Gasteiger partial charge in [-0.15, -0.1) is 0 Å². The van der Waals surface area contributed by atoms with E-state index in [0.29, 0.717) is 29.1 Å². The largest absolute Gasteiger partial charge is 0.459 e. The molecule has 7 heteroatoms. The maximum Gasteiger partial charge on any atom is 0.230 e. The Balaban J connectivity index is 1.28. The Kier molecular flexibility index (Phi) is 5.04. The molecule has 1 aliphatic carbocycles. The van der Waals surface area contributed by atoms with Crippen molar-refractivity contribution in [1.29, 1.82) is 0 Å². The molecule has 26 heavy (non-hydrogen) atoms. The number of nitrogens with zero attached hydrogens (tertiary/aromatic N) is 2. The minimum Gasteiger partial charge on any atom is -0.459 e. The first-order valence-electron chi connectivity index (χ1n) is 8.46. The summed E-state index contributed by atoms with van der Waals surface area (Å²) in [5.74, 6) is 1.78. The summed E-state index contributed by atoms with van der Waals surface area (Å²) in [5.41, 5.74) is 0.953. The van der Waals surface area contributed by atoms with Crippen LogP contribution in [0, 0.1) is 0 Å². The summed E-state index contributed by atoms with van der Waals surface area (Å²) in [6, 6.07) is 11.8. The van der Waals surface area contributed by atoms with Crippen LogP contribution in [0.25, 0.3) is 11.3 Å². The smallest absolute Gasteiger partial charge is 0.230 e. The van der Waals surface area contributed by atoms with Gasteiger partial charge >= 0.3 is 0 Å². The van der Waals surface area contributed by atoms with Crippen LogP contribution < -0.4 is 5.32 Å². The summed E-state index contributed by atoms with van der Waals surface area (Å²) in [4.78, 5) is 16.4. The van der Waals surface area contributed by atoms with E-state index in [0.717, 1.165) is 16.5 Å². The molecule has 0 unspecified atom stereocenters. The second kappa shape index (κ2) is 7.60. The van der Waals surface area contributed by atoms with Crippen LogP contribution in [0.15, 0.2) is 58.4 Å². The number of thioether (sulfide) groups is 1. The number of carbonyl (C=O) groups excluding carboxylic acids is 1. The second-order valence-corrected chi connectivity index (χ2v) is 7.57. The molecule has 1 amide bonds. The first-order chi connectivity index (χ1) is 12.7. The molecule has 2 aromatic heterocycles. The average molecular weight is 388 g/mol. The van der Waals surface area contributed by atoms with Crippen LogP contribution in [0.5, 0.6) is 0 Å². The molecule has 1 saturated carbocycles. The molecule has 1 aliphatic rings. The molecule has 0 saturated heterocycles. The van der Waals surface area contributed by atoms with Crippen molar-refractivity contribution in [3.63, 3.8) is 0 Å². The number of amides is 1. The number of nitrogens with one attached hydrogen (secondary N) is 1. The zero-order chi connectivity index (χ0) is 17.9. The Morgan fingerprint density at radius 1 is 1.27 bits per heavy atom. The highest BCUT2D eigenvalue weighted by atomic mass is 35.5. The Morgan fingerprint density at radius 3 is 2.85 bits per heavy atom. The van der Waals surface area contributed by atoms with E-state index in [9.17, 15) is 4.79 Å². The quantitative estimate of drug-likeness (QED) is 0.604. The number of rotatable bonds is 7. The molecule has 0 aliphatic heterocycles. The van der Waals surface area contributed by atoms with Gasteiger partial charge < -0.3 is 14.3 Å². The van der Waals surface area contributed by atoms with Crippen molar-refractivity contribution in [3.05, 3.63) is 59.6 Å². The fourth-order valence-electron chi connectivity index (χ4n) is 2.65. The molecule has 1 aromatic carbocycles. The number of hydrogen-bond donors (Lipinski definition) is 1. The third kappa shape index (κ3) is 4.14. The molecular formula is C19H18ClN3O2S. The first kappa shape index (κ1) is 17.2. The molecule has 0 spiro atoms. The van der Waals surface area contributed by atoms with Gasteiger partial charge in [-0.25, -0.2) is 4.98 Å². The van der Waals surface area contributed by atoms with E-state index in [4.69, 9.17) is 16.0 Å². The molecule has 0 atom stereocenters. The molecule has 1 fully saturated rings. The molecule has 0 bridgehead atoms. The number of hydrogen-bond acceptors (Lipinski definition) is 4. The van der Waals surface area contributed by atoms with Crippen LogP contribution in [0.4, 0.5) is 0 Å². The standard InChI is InChI=1S/C19H18ClN3O2S/c20-14-3-1-13(2-4-14)17-8-7-16(25-17)11-22-18(24)12-26-19-21-9-10-23(19)15-5-6-15/h1-4,7-10,15H,5-6,11-12H2,(H,22,24). The molecule has 5 nitrogen and oxygen atoms in total. The third-order valence-corrected chi connectivity index (χ3v) is 5.39. The van der Waals surface area contributed by atoms with Crippen LogP contribution in [-0.2, 0) is 11.3 Å². The summed E-state index contributed by atoms with van der Waals surface area (Å²) in [6.45, 7) is 0.365. The number of carbonyl (C=O) groups is 1. The Labute approximate surface area is 160 Å². The number of furan rings is 1. The van der Waals surface area contributed by atoms with Crippen molar-refractivity contribution >= 4 is 29.3 Å². The summed E-state index contributed by atoms with van der Waals surface area (Å²) in [7, 11) is 0. The van der Waals surface area contributed by atoms with Crippen LogP contribution in [-0.4, -0.2) is 21.2 Å². The van der Waals surface area contributed by atoms with E-state index in [1.54, 1.807) is 6.20 Å². The van der Waals surface area contributed by atoms with Gasteiger partial charge in [-0.1, -0.05) is 23.4 Å². The van der Waals surface area contributed by atoms with E-state index in [1.165, 1.54) is 24.6 Å². The van der Waals surface area contributed by atoms with Crippen molar-refractivity contribution in [1.82, 2.24) is 14.9 Å². The number of halogens is 1. The van der Waals surface area contributed by atoms with Gasteiger partial charge in [0.1, 0.15) is 11.5 Å². The lowest BCUT2D eigenvalue weighted by Gasteiger charge is -2.06. The van der Waals surface area contributed by atoms with E-state index >= 15 is 0 Å². The van der Waals surface area contributed by atoms with Gasteiger partial charge in [-0.05, 0) is 49.2 Å². The van der Waals surface area contributed by atoms with Gasteiger partial charge in [0.25, 0.3) is 0 Å². The highest BCUT2D eigenvalue weighted by Crippen LogP contribution is 2.37. The molecule has 2 heterocycles. The van der Waals surface area contributed by atoms with E-state index in [2.05, 4.69) is 14.9 Å². The van der Waals surface area contributed by atoms with Crippen molar-refractivity contribution < 1.29 is 9.21 Å². The highest BCUT2D eigenvalue weighted by Gasteiger charge is 2.25. The predicted molar refractivity (Wildman–Crippen MR) is 102 cm³/mol. The highest BCUT2D eigenvalue weighted by molar-refractivity contribution is 7.99. The van der Waals surface area contributed by atoms with Crippen molar-refractivity contribution in [3.8, 4) is 11.3 Å². The average Bonchev–Trinajstić information content (AvgIpc) is 3.19. The molecular weight excluding hydrogens is 370 g/mol. The van der Waals surface area contributed by atoms with Crippen molar-refractivity contribution in [2.24, 2.45) is 0 Å². The normalized spacial score (nSPS) is 13.7. The van der Waals surface area contributed by atoms with Crippen LogP contribution >= 0.6 is 23.4 Å². The number of imidazole rings is 1. The molecule has 134 valence electrons. The SMILES string of the molecule is O=C(CSc1nccn1C1CC1)NCc1ccc(-c2ccc(Cl)cc2)o1. The molecule has 3 aromatic rings. The van der Waals surface area contributed by atoms with Gasteiger partial charge in [-0.3, -0.25) is 4.79 Å². The number of aromatic nitrogens is 2. The van der Waals surface area contributed by atoms with Gasteiger partial charge in [0.05, 0.1) is 12.3 Å². The third-order valence-electron chi connectivity index (χ3n) is 4.16. The lowest BCUT2D eigenvalue weighted by atomic mass is 10.2. The van der Waals surface area contributed by atoms with Gasteiger partial charge in [-0.2, -0.15) is 0 Å². The van der Waals surface area contributed by atoms with Crippen LogP contribution in [0.2, 0.25) is 5.02 Å². The lowest BCUT2D eigenvalue weighted by Crippen LogP contribution is -2.24. The Hall–Kier alpha value is -2.18. The summed E-state index contributed by atoms with van der Waals surface area (Å²) < 4.78 is 7.94. The van der Waals surface area contributed by atoms with E-state index in [1.807, 2.05) is 42.6 Å². The fraction of sp³-hybridized carbons (Fsp3) is 0.263. The molecule has 0 radical (unpaired) electrons. The Bertz CT molecular complexity index is 900. The lowest BCUT2D eigenvalue weighted by molar-refractivity contribution is -0.118. The molecule has 4 rings (SSSR count). The number of benzene rings is 1. The maximum absolute atomic E-state index is 12.1. The summed E-state index contributed by atoms with van der Waals surface area (Å²) >= 11 is 7.37. The van der Waals surface area contributed by atoms with Crippen molar-refractivity contribution in [2.45, 2.75) is 30.6 Å². The summed E-state index contributed by atoms with van der Waals surface area (Å²) in [6.07, 6.45) is 6.17. The van der Waals surface area contributed by atoms with Gasteiger partial charge in [0.15, 0.2) is 5.16 Å². The van der Waals surface area contributed by atoms with Crippen LogP contribution in [0.3, 0.4) is 0 Å². The predicted octanol–water partition coefficient (Wildman–Crippen LogP) is 4.54. The van der Waals surface area contributed by atoms with Gasteiger partial charge in [0.2, 0.25) is 5.91 Å². The van der Waals surface area contributed by atoms with Gasteiger partial charge in [0, 0.05) is 29.0 Å².